The highest BCUT2D eigenvalue weighted by Gasteiger charge is 2.27. The molecule has 0 aliphatic carbocycles. The average molecular weight is 327 g/mol. The number of thioether (sulfide) groups is 1. The van der Waals surface area contributed by atoms with Gasteiger partial charge in [-0.05, 0) is 17.8 Å². The van der Waals surface area contributed by atoms with E-state index in [0.29, 0.717) is 25.3 Å². The maximum atomic E-state index is 13.7. The van der Waals surface area contributed by atoms with Gasteiger partial charge in [0.1, 0.15) is 0 Å². The van der Waals surface area contributed by atoms with Gasteiger partial charge < -0.3 is 14.8 Å². The molecule has 0 spiro atoms. The summed E-state index contributed by atoms with van der Waals surface area (Å²) in [5.74, 6) is -0.878. The van der Waals surface area contributed by atoms with Crippen LogP contribution >= 0.6 is 11.8 Å². The molecule has 0 aromatic heterocycles. The SMILES string of the molecule is COCCNCc1cccc(F)c1OCCSC(F)(F)F. The Kier molecular flexibility index (Phi) is 7.84. The molecule has 21 heavy (non-hydrogen) atoms. The number of rotatable bonds is 9. The van der Waals surface area contributed by atoms with Crippen LogP contribution in [0.2, 0.25) is 0 Å². The van der Waals surface area contributed by atoms with Crippen molar-refractivity contribution in [1.82, 2.24) is 5.32 Å². The molecule has 1 aromatic rings. The second-order valence-corrected chi connectivity index (χ2v) is 5.20. The van der Waals surface area contributed by atoms with Crippen molar-refractivity contribution >= 4 is 11.8 Å². The minimum atomic E-state index is -4.30. The summed E-state index contributed by atoms with van der Waals surface area (Å²) in [6.45, 7) is 1.23. The molecule has 0 bridgehead atoms. The Morgan fingerprint density at radius 1 is 1.24 bits per heavy atom. The summed E-state index contributed by atoms with van der Waals surface area (Å²) in [6.07, 6.45) is 0. The van der Waals surface area contributed by atoms with Crippen molar-refractivity contribution in [1.29, 1.82) is 0 Å². The molecule has 1 aromatic carbocycles. The second-order valence-electron chi connectivity index (χ2n) is 4.04. The maximum Gasteiger partial charge on any atom is 0.441 e. The second kappa shape index (κ2) is 9.11. The molecule has 0 saturated heterocycles. The minimum absolute atomic E-state index is 0.00908. The highest BCUT2D eigenvalue weighted by molar-refractivity contribution is 8.00. The largest absolute Gasteiger partial charge is 0.489 e. The predicted octanol–water partition coefficient (Wildman–Crippen LogP) is 3.19. The van der Waals surface area contributed by atoms with Gasteiger partial charge in [-0.25, -0.2) is 4.39 Å². The summed E-state index contributed by atoms with van der Waals surface area (Å²) in [6, 6.07) is 4.40. The molecule has 0 fully saturated rings. The van der Waals surface area contributed by atoms with Crippen LogP contribution in [0.4, 0.5) is 17.6 Å². The molecule has 8 heteroatoms. The van der Waals surface area contributed by atoms with E-state index in [1.54, 1.807) is 13.2 Å². The van der Waals surface area contributed by atoms with Crippen molar-refractivity contribution < 1.29 is 27.0 Å². The van der Waals surface area contributed by atoms with Crippen LogP contribution in [0.1, 0.15) is 5.56 Å². The van der Waals surface area contributed by atoms with Crippen LogP contribution in [0.5, 0.6) is 5.75 Å². The van der Waals surface area contributed by atoms with Crippen LogP contribution in [0.15, 0.2) is 18.2 Å². The molecule has 120 valence electrons. The van der Waals surface area contributed by atoms with Gasteiger partial charge in [-0.3, -0.25) is 0 Å². The third kappa shape index (κ3) is 7.54. The van der Waals surface area contributed by atoms with E-state index in [4.69, 9.17) is 9.47 Å². The third-order valence-corrected chi connectivity index (χ3v) is 3.14. The van der Waals surface area contributed by atoms with E-state index in [1.807, 2.05) is 0 Å². The summed E-state index contributed by atoms with van der Waals surface area (Å²) in [7, 11) is 1.57. The van der Waals surface area contributed by atoms with Gasteiger partial charge in [0.25, 0.3) is 0 Å². The number of alkyl halides is 3. The maximum absolute atomic E-state index is 13.7. The number of ether oxygens (including phenoxy) is 2. The Balaban J connectivity index is 2.51. The van der Waals surface area contributed by atoms with Gasteiger partial charge in [-0.15, -0.1) is 0 Å². The zero-order valence-electron chi connectivity index (χ0n) is 11.5. The smallest absolute Gasteiger partial charge is 0.441 e. The van der Waals surface area contributed by atoms with Gasteiger partial charge in [0.15, 0.2) is 11.6 Å². The average Bonchev–Trinajstić information content (AvgIpc) is 2.40. The van der Waals surface area contributed by atoms with E-state index in [-0.39, 0.29) is 29.9 Å². The van der Waals surface area contributed by atoms with Gasteiger partial charge in [0.05, 0.1) is 13.2 Å². The van der Waals surface area contributed by atoms with E-state index < -0.39 is 11.3 Å². The topological polar surface area (TPSA) is 30.5 Å². The first kappa shape index (κ1) is 18.1. The number of halogens is 4. The number of hydrogen-bond donors (Lipinski definition) is 1. The fourth-order valence-corrected chi connectivity index (χ4v) is 1.95. The van der Waals surface area contributed by atoms with Gasteiger partial charge in [-0.2, -0.15) is 13.2 Å². The molecule has 0 heterocycles. The molecule has 0 saturated carbocycles. The van der Waals surface area contributed by atoms with E-state index in [2.05, 4.69) is 5.32 Å². The van der Waals surface area contributed by atoms with Gasteiger partial charge >= 0.3 is 5.51 Å². The highest BCUT2D eigenvalue weighted by Crippen LogP contribution is 2.30. The van der Waals surface area contributed by atoms with E-state index >= 15 is 0 Å². The number of para-hydroxylation sites is 1. The zero-order chi connectivity index (χ0) is 15.7. The molecule has 0 aliphatic rings. The third-order valence-electron chi connectivity index (χ3n) is 2.44. The summed E-state index contributed by atoms with van der Waals surface area (Å²) in [5.41, 5.74) is -3.74. The predicted molar refractivity (Wildman–Crippen MR) is 74.0 cm³/mol. The molecular formula is C13H17F4NO2S. The standard InChI is InChI=1S/C13H17F4NO2S/c1-19-6-5-18-9-10-3-2-4-11(14)12(10)20-7-8-21-13(15,16)17/h2-4,18H,5-9H2,1H3. The lowest BCUT2D eigenvalue weighted by Gasteiger charge is -2.13. The lowest BCUT2D eigenvalue weighted by atomic mass is 10.2. The fraction of sp³-hybridized carbons (Fsp3) is 0.538. The zero-order valence-corrected chi connectivity index (χ0v) is 12.3. The Bertz CT molecular complexity index is 429. The van der Waals surface area contributed by atoms with E-state index in [1.165, 1.54) is 12.1 Å². The van der Waals surface area contributed by atoms with Gasteiger partial charge in [0, 0.05) is 31.5 Å². The van der Waals surface area contributed by atoms with Crippen LogP contribution in [-0.4, -0.2) is 38.1 Å². The number of hydrogen-bond acceptors (Lipinski definition) is 4. The van der Waals surface area contributed by atoms with Crippen molar-refractivity contribution in [3.05, 3.63) is 29.6 Å². The molecule has 0 amide bonds. The first-order valence-electron chi connectivity index (χ1n) is 6.24. The Labute approximate surface area is 125 Å². The molecule has 1 N–H and O–H groups in total. The molecule has 1 rings (SSSR count). The lowest BCUT2D eigenvalue weighted by Crippen LogP contribution is -2.19. The Morgan fingerprint density at radius 3 is 2.67 bits per heavy atom. The molecule has 0 radical (unpaired) electrons. The van der Waals surface area contributed by atoms with Crippen LogP contribution < -0.4 is 10.1 Å². The summed E-state index contributed by atoms with van der Waals surface area (Å²) < 4.78 is 59.7. The normalized spacial score (nSPS) is 11.7. The van der Waals surface area contributed by atoms with Crippen LogP contribution in [0.25, 0.3) is 0 Å². The van der Waals surface area contributed by atoms with Crippen molar-refractivity contribution in [2.75, 3.05) is 32.6 Å². The minimum Gasteiger partial charge on any atom is -0.489 e. The van der Waals surface area contributed by atoms with Crippen LogP contribution in [-0.2, 0) is 11.3 Å². The van der Waals surface area contributed by atoms with Crippen molar-refractivity contribution in [2.45, 2.75) is 12.1 Å². The molecule has 0 aliphatic heterocycles. The summed E-state index contributed by atoms with van der Waals surface area (Å²) in [4.78, 5) is 0. The molecule has 0 atom stereocenters. The Morgan fingerprint density at radius 2 is 2.00 bits per heavy atom. The van der Waals surface area contributed by atoms with Crippen molar-refractivity contribution in [2.24, 2.45) is 0 Å². The van der Waals surface area contributed by atoms with Gasteiger partial charge in [-0.1, -0.05) is 12.1 Å². The van der Waals surface area contributed by atoms with E-state index in [0.717, 1.165) is 0 Å². The Hall–Kier alpha value is -0.990. The lowest BCUT2D eigenvalue weighted by molar-refractivity contribution is -0.0329. The van der Waals surface area contributed by atoms with Crippen LogP contribution in [0.3, 0.4) is 0 Å². The monoisotopic (exact) mass is 327 g/mol. The molecule has 3 nitrogen and oxygen atoms in total. The van der Waals surface area contributed by atoms with Gasteiger partial charge in [0.2, 0.25) is 0 Å². The summed E-state index contributed by atoms with van der Waals surface area (Å²) in [5, 5.41) is 3.03. The highest BCUT2D eigenvalue weighted by atomic mass is 32.2. The van der Waals surface area contributed by atoms with Crippen LogP contribution in [0, 0.1) is 5.82 Å². The van der Waals surface area contributed by atoms with Crippen molar-refractivity contribution in [3.8, 4) is 5.75 Å². The first-order chi connectivity index (χ1) is 9.94. The number of nitrogens with one attached hydrogen (secondary N) is 1. The fourth-order valence-electron chi connectivity index (χ4n) is 1.55. The quantitative estimate of drug-likeness (QED) is 0.557. The number of benzene rings is 1. The molecular weight excluding hydrogens is 310 g/mol. The summed E-state index contributed by atoms with van der Waals surface area (Å²) >= 11 is -0.191. The molecule has 0 unspecified atom stereocenters. The number of methoxy groups -OCH3 is 1. The van der Waals surface area contributed by atoms with Crippen molar-refractivity contribution in [3.63, 3.8) is 0 Å². The van der Waals surface area contributed by atoms with E-state index in [9.17, 15) is 17.6 Å². The first-order valence-corrected chi connectivity index (χ1v) is 7.23.